The first-order valence-corrected chi connectivity index (χ1v) is 11.8. The van der Waals surface area contributed by atoms with Crippen molar-refractivity contribution >= 4 is 22.2 Å². The SMILES string of the molecule is Cc1nc(N2CCC3(CC2)Oc2ncccc2[C@H]3N)c2ccnn2c1-n1cc(F)c2ccccc21. The number of fused-ring (bicyclic) bond motifs is 3. The molecule has 1 saturated heterocycles. The molecule has 8 nitrogen and oxygen atoms in total. The Hall–Kier alpha value is -3.98. The van der Waals surface area contributed by atoms with Gasteiger partial charge in [-0.25, -0.2) is 18.9 Å². The average Bonchev–Trinajstić information content (AvgIpc) is 3.56. The molecular weight excluding hydrogens is 445 g/mol. The first-order valence-electron chi connectivity index (χ1n) is 11.8. The van der Waals surface area contributed by atoms with Gasteiger partial charge in [0.15, 0.2) is 11.6 Å². The number of nitrogens with zero attached hydrogens (tertiary/aromatic N) is 6. The van der Waals surface area contributed by atoms with Crippen molar-refractivity contribution in [2.24, 2.45) is 5.73 Å². The van der Waals surface area contributed by atoms with Crippen LogP contribution in [0.15, 0.2) is 61.1 Å². The molecule has 0 radical (unpaired) electrons. The Balaban J connectivity index is 1.25. The summed E-state index contributed by atoms with van der Waals surface area (Å²) in [6.07, 6.45) is 6.53. The molecule has 2 N–H and O–H groups in total. The van der Waals surface area contributed by atoms with E-state index in [2.05, 4.69) is 15.0 Å². The maximum Gasteiger partial charge on any atom is 0.218 e. The quantitative estimate of drug-likeness (QED) is 0.421. The maximum absolute atomic E-state index is 14.7. The molecule has 5 aromatic rings. The normalized spacial score (nSPS) is 18.9. The Labute approximate surface area is 200 Å². The Kier molecular flexibility index (Phi) is 4.23. The number of aryl methyl sites for hydroxylation is 1. The third-order valence-electron chi connectivity index (χ3n) is 7.47. The van der Waals surface area contributed by atoms with Crippen LogP contribution in [0.4, 0.5) is 10.2 Å². The van der Waals surface area contributed by atoms with Crippen LogP contribution in [-0.2, 0) is 0 Å². The Bertz CT molecular complexity index is 1600. The third kappa shape index (κ3) is 2.84. The zero-order chi connectivity index (χ0) is 23.7. The van der Waals surface area contributed by atoms with Gasteiger partial charge in [-0.3, -0.25) is 4.57 Å². The van der Waals surface area contributed by atoms with E-state index in [0.29, 0.717) is 11.3 Å². The molecule has 9 heteroatoms. The van der Waals surface area contributed by atoms with Crippen LogP contribution in [0, 0.1) is 12.7 Å². The van der Waals surface area contributed by atoms with E-state index in [-0.39, 0.29) is 11.9 Å². The van der Waals surface area contributed by atoms with Crippen molar-refractivity contribution < 1.29 is 9.13 Å². The second-order valence-corrected chi connectivity index (χ2v) is 9.37. The molecule has 0 bridgehead atoms. The minimum absolute atomic E-state index is 0.197. The van der Waals surface area contributed by atoms with Gasteiger partial charge in [-0.2, -0.15) is 5.10 Å². The fraction of sp³-hybridized carbons (Fsp3) is 0.269. The molecule has 1 spiro atoms. The molecule has 1 atom stereocenters. The predicted octanol–water partition coefficient (Wildman–Crippen LogP) is 3.95. The van der Waals surface area contributed by atoms with E-state index in [1.165, 1.54) is 6.20 Å². The summed E-state index contributed by atoms with van der Waals surface area (Å²) in [7, 11) is 0. The Morgan fingerprint density at radius 3 is 2.71 bits per heavy atom. The molecule has 0 saturated carbocycles. The van der Waals surface area contributed by atoms with Crippen LogP contribution in [0.3, 0.4) is 0 Å². The highest BCUT2D eigenvalue weighted by atomic mass is 19.1. The first-order chi connectivity index (χ1) is 17.1. The lowest BCUT2D eigenvalue weighted by Crippen LogP contribution is -2.51. The van der Waals surface area contributed by atoms with Crippen molar-refractivity contribution in [3.05, 3.63) is 78.1 Å². The molecule has 0 aliphatic carbocycles. The summed E-state index contributed by atoms with van der Waals surface area (Å²) < 4.78 is 24.7. The van der Waals surface area contributed by atoms with Crippen molar-refractivity contribution in [2.45, 2.75) is 31.4 Å². The number of piperidine rings is 1. The van der Waals surface area contributed by atoms with E-state index >= 15 is 0 Å². The van der Waals surface area contributed by atoms with E-state index < -0.39 is 5.60 Å². The minimum Gasteiger partial charge on any atom is -0.469 e. The summed E-state index contributed by atoms with van der Waals surface area (Å²) in [5.74, 6) is 1.97. The number of benzene rings is 1. The molecule has 1 fully saturated rings. The number of para-hydroxylation sites is 1. The number of rotatable bonds is 2. The van der Waals surface area contributed by atoms with Gasteiger partial charge in [-0.1, -0.05) is 18.2 Å². The Morgan fingerprint density at radius 1 is 1.06 bits per heavy atom. The summed E-state index contributed by atoms with van der Waals surface area (Å²) in [4.78, 5) is 11.6. The monoisotopic (exact) mass is 469 g/mol. The molecule has 35 heavy (non-hydrogen) atoms. The number of nitrogens with two attached hydrogens (primary N) is 1. The first kappa shape index (κ1) is 20.4. The number of aromatic nitrogens is 5. The summed E-state index contributed by atoms with van der Waals surface area (Å²) >= 11 is 0. The number of hydrogen-bond acceptors (Lipinski definition) is 6. The number of hydrogen-bond donors (Lipinski definition) is 1. The van der Waals surface area contributed by atoms with Gasteiger partial charge in [0, 0.05) is 49.3 Å². The van der Waals surface area contributed by atoms with Crippen molar-refractivity contribution in [1.29, 1.82) is 0 Å². The van der Waals surface area contributed by atoms with Crippen LogP contribution < -0.4 is 15.4 Å². The average molecular weight is 470 g/mol. The van der Waals surface area contributed by atoms with Crippen LogP contribution >= 0.6 is 0 Å². The highest BCUT2D eigenvalue weighted by molar-refractivity contribution is 5.83. The summed E-state index contributed by atoms with van der Waals surface area (Å²) in [5, 5.41) is 5.16. The van der Waals surface area contributed by atoms with Crippen molar-refractivity contribution in [3.8, 4) is 11.7 Å². The predicted molar refractivity (Wildman–Crippen MR) is 130 cm³/mol. The van der Waals surface area contributed by atoms with E-state index in [9.17, 15) is 4.39 Å². The molecule has 2 aliphatic heterocycles. The molecule has 1 aromatic carbocycles. The highest BCUT2D eigenvalue weighted by Crippen LogP contribution is 2.46. The zero-order valence-electron chi connectivity index (χ0n) is 19.2. The third-order valence-corrected chi connectivity index (χ3v) is 7.47. The van der Waals surface area contributed by atoms with Gasteiger partial charge in [-0.05, 0) is 31.2 Å². The largest absolute Gasteiger partial charge is 0.469 e. The van der Waals surface area contributed by atoms with Crippen LogP contribution in [0.1, 0.15) is 30.1 Å². The van der Waals surface area contributed by atoms with E-state index in [4.69, 9.17) is 15.5 Å². The summed E-state index contributed by atoms with van der Waals surface area (Å²) in [6, 6.07) is 13.1. The van der Waals surface area contributed by atoms with E-state index in [1.54, 1.807) is 18.5 Å². The highest BCUT2D eigenvalue weighted by Gasteiger charge is 2.49. The lowest BCUT2D eigenvalue weighted by atomic mass is 9.83. The number of pyridine rings is 1. The van der Waals surface area contributed by atoms with Crippen molar-refractivity contribution in [3.63, 3.8) is 0 Å². The molecule has 0 unspecified atom stereocenters. The molecular formula is C26H24FN7O. The molecule has 176 valence electrons. The van der Waals surface area contributed by atoms with Crippen molar-refractivity contribution in [1.82, 2.24) is 24.1 Å². The minimum atomic E-state index is -0.444. The van der Waals surface area contributed by atoms with Gasteiger partial charge in [0.25, 0.3) is 0 Å². The summed E-state index contributed by atoms with van der Waals surface area (Å²) in [6.45, 7) is 3.43. The van der Waals surface area contributed by atoms with Crippen LogP contribution in [-0.4, -0.2) is 42.8 Å². The molecule has 4 aromatic heterocycles. The fourth-order valence-electron chi connectivity index (χ4n) is 5.66. The lowest BCUT2D eigenvalue weighted by molar-refractivity contribution is 0.0398. The topological polar surface area (TPSA) is 86.5 Å². The standard InChI is InChI=1S/C26H24FN7O/c1-16-25(33-15-19(27)17-5-2-3-7-20(17)33)34-21(8-12-30-34)23(31-16)32-13-9-26(10-14-32)22(28)18-6-4-11-29-24(18)35-26/h2-8,11-12,15,22H,9-10,13-14,28H2,1H3/t22-/m1/s1. The van der Waals surface area contributed by atoms with E-state index in [1.807, 2.05) is 52.4 Å². The van der Waals surface area contributed by atoms with Crippen molar-refractivity contribution in [2.75, 3.05) is 18.0 Å². The second kappa shape index (κ2) is 7.26. The smallest absolute Gasteiger partial charge is 0.218 e. The summed E-state index contributed by atoms with van der Waals surface area (Å²) in [5.41, 5.74) is 9.58. The number of ether oxygens (including phenoxy) is 1. The van der Waals surface area contributed by atoms with E-state index in [0.717, 1.165) is 59.9 Å². The Morgan fingerprint density at radius 2 is 1.89 bits per heavy atom. The van der Waals surface area contributed by atoms with Gasteiger partial charge in [0.05, 0.1) is 23.4 Å². The van der Waals surface area contributed by atoms with Crippen LogP contribution in [0.2, 0.25) is 0 Å². The fourth-order valence-corrected chi connectivity index (χ4v) is 5.66. The molecule has 0 amide bonds. The molecule has 7 rings (SSSR count). The molecule has 2 aliphatic rings. The lowest BCUT2D eigenvalue weighted by Gasteiger charge is -2.41. The zero-order valence-corrected chi connectivity index (χ0v) is 19.2. The second-order valence-electron chi connectivity index (χ2n) is 9.37. The van der Waals surface area contributed by atoms with Gasteiger partial charge in [0.2, 0.25) is 5.88 Å². The number of anilines is 1. The maximum atomic E-state index is 14.7. The van der Waals surface area contributed by atoms with Crippen LogP contribution in [0.5, 0.6) is 5.88 Å². The van der Waals surface area contributed by atoms with Gasteiger partial charge in [-0.15, -0.1) is 0 Å². The van der Waals surface area contributed by atoms with Crippen LogP contribution in [0.25, 0.3) is 22.2 Å². The molecule has 6 heterocycles. The van der Waals surface area contributed by atoms with Gasteiger partial charge < -0.3 is 15.4 Å². The van der Waals surface area contributed by atoms with Gasteiger partial charge >= 0.3 is 0 Å². The number of halogens is 1. The van der Waals surface area contributed by atoms with Gasteiger partial charge in [0.1, 0.15) is 16.9 Å².